The van der Waals surface area contributed by atoms with Crippen LogP contribution in [0.3, 0.4) is 0 Å². The number of amides is 2. The lowest BCUT2D eigenvalue weighted by Crippen LogP contribution is -2.24. The maximum Gasteiger partial charge on any atom is 0.417 e. The van der Waals surface area contributed by atoms with Gasteiger partial charge in [0.05, 0.1) is 16.8 Å². The Morgan fingerprint density at radius 3 is 2.37 bits per heavy atom. The van der Waals surface area contributed by atoms with Crippen molar-refractivity contribution in [2.24, 2.45) is 0 Å². The molecule has 0 aliphatic rings. The van der Waals surface area contributed by atoms with Crippen LogP contribution in [0.25, 0.3) is 17.0 Å². The Bertz CT molecular complexity index is 1410. The number of anilines is 2. The number of hydrogen-bond donors (Lipinski definition) is 1. The molecule has 2 amide bonds. The molecule has 0 bridgehead atoms. The minimum absolute atomic E-state index is 0.0628. The summed E-state index contributed by atoms with van der Waals surface area (Å²) in [5, 5.41) is 3.34. The molecule has 4 rings (SSSR count). The number of rotatable bonds is 5. The summed E-state index contributed by atoms with van der Waals surface area (Å²) in [5.74, 6) is -1.12. The first-order chi connectivity index (χ1) is 16.8. The Morgan fingerprint density at radius 2 is 1.63 bits per heavy atom. The topological polar surface area (TPSA) is 62.3 Å². The molecule has 1 N–H and O–H groups in total. The van der Waals surface area contributed by atoms with Crippen molar-refractivity contribution in [3.8, 4) is 0 Å². The summed E-state index contributed by atoms with van der Waals surface area (Å²) in [6.07, 6.45) is -0.978. The molecule has 1 aromatic heterocycles. The van der Waals surface area contributed by atoms with Gasteiger partial charge in [0, 0.05) is 41.5 Å². The van der Waals surface area contributed by atoms with Gasteiger partial charge in [0.1, 0.15) is 0 Å². The van der Waals surface area contributed by atoms with Crippen LogP contribution in [0, 0.1) is 0 Å². The number of pyridine rings is 1. The molecule has 0 aliphatic carbocycles. The summed E-state index contributed by atoms with van der Waals surface area (Å²) >= 11 is 0. The Labute approximate surface area is 199 Å². The zero-order valence-corrected chi connectivity index (χ0v) is 18.6. The predicted molar refractivity (Wildman–Crippen MR) is 130 cm³/mol. The molecule has 35 heavy (non-hydrogen) atoms. The van der Waals surface area contributed by atoms with Crippen LogP contribution in [0.2, 0.25) is 0 Å². The number of nitrogens with one attached hydrogen (secondary N) is 1. The highest BCUT2D eigenvalue weighted by Gasteiger charge is 2.34. The van der Waals surface area contributed by atoms with Crippen molar-refractivity contribution in [2.45, 2.75) is 6.18 Å². The number of halogens is 3. The summed E-state index contributed by atoms with van der Waals surface area (Å²) in [7, 11) is 1.52. The van der Waals surface area contributed by atoms with Crippen LogP contribution < -0.4 is 10.2 Å². The number of likely N-dealkylation sites (N-methyl/N-ethyl adjacent to an activating group) is 1. The minimum Gasteiger partial charge on any atom is -0.321 e. The maximum atomic E-state index is 13.8. The quantitative estimate of drug-likeness (QED) is 0.351. The van der Waals surface area contributed by atoms with E-state index in [-0.39, 0.29) is 11.3 Å². The van der Waals surface area contributed by atoms with E-state index >= 15 is 0 Å². The van der Waals surface area contributed by atoms with E-state index in [2.05, 4.69) is 10.3 Å². The van der Waals surface area contributed by atoms with Gasteiger partial charge in [-0.05, 0) is 42.5 Å². The van der Waals surface area contributed by atoms with Gasteiger partial charge in [-0.25, -0.2) is 0 Å². The van der Waals surface area contributed by atoms with Crippen LogP contribution in [-0.2, 0) is 11.0 Å². The van der Waals surface area contributed by atoms with Crippen molar-refractivity contribution in [2.75, 3.05) is 17.3 Å². The van der Waals surface area contributed by atoms with E-state index in [0.717, 1.165) is 23.6 Å². The Morgan fingerprint density at radius 1 is 0.914 bits per heavy atom. The van der Waals surface area contributed by atoms with E-state index in [0.29, 0.717) is 16.8 Å². The molecule has 4 aromatic rings. The van der Waals surface area contributed by atoms with Gasteiger partial charge < -0.3 is 10.2 Å². The number of benzene rings is 3. The number of aromatic nitrogens is 1. The summed E-state index contributed by atoms with van der Waals surface area (Å²) < 4.78 is 41.3. The molecule has 0 spiro atoms. The highest BCUT2D eigenvalue weighted by molar-refractivity contribution is 6.09. The third-order valence-electron chi connectivity index (χ3n) is 5.39. The fraction of sp³-hybridized carbons (Fsp3) is 0.0741. The first-order valence-corrected chi connectivity index (χ1v) is 10.6. The molecule has 0 aliphatic heterocycles. The lowest BCUT2D eigenvalue weighted by molar-refractivity contribution is -0.137. The highest BCUT2D eigenvalue weighted by atomic mass is 19.4. The normalized spacial score (nSPS) is 11.5. The monoisotopic (exact) mass is 475 g/mol. The molecule has 0 saturated heterocycles. The summed E-state index contributed by atoms with van der Waals surface area (Å²) in [6, 6.07) is 20.5. The smallest absolute Gasteiger partial charge is 0.321 e. The summed E-state index contributed by atoms with van der Waals surface area (Å²) in [4.78, 5) is 31.1. The summed E-state index contributed by atoms with van der Waals surface area (Å²) in [6.45, 7) is 0. The summed E-state index contributed by atoms with van der Waals surface area (Å²) in [5.41, 5.74) is 0.0421. The van der Waals surface area contributed by atoms with Gasteiger partial charge in [0.15, 0.2) is 0 Å². The molecule has 1 heterocycles. The van der Waals surface area contributed by atoms with Crippen LogP contribution in [0.15, 0.2) is 91.1 Å². The molecule has 3 aromatic carbocycles. The zero-order valence-electron chi connectivity index (χ0n) is 18.6. The number of carbonyl (C=O) groups is 2. The molecular weight excluding hydrogens is 455 g/mol. The van der Waals surface area contributed by atoms with Gasteiger partial charge in [-0.3, -0.25) is 14.6 Å². The van der Waals surface area contributed by atoms with Crippen molar-refractivity contribution in [1.29, 1.82) is 0 Å². The third-order valence-corrected chi connectivity index (χ3v) is 5.39. The van der Waals surface area contributed by atoms with E-state index < -0.39 is 23.6 Å². The van der Waals surface area contributed by atoms with Crippen LogP contribution >= 0.6 is 0 Å². The number of fused-ring (bicyclic) bond motifs is 1. The SMILES string of the molecule is CN(C(=O)/C=C/c1c(NC(=O)c2ccccc2)cccc1C(F)(F)F)c1cccc2cccnc12. The molecule has 0 atom stereocenters. The maximum absolute atomic E-state index is 13.8. The van der Waals surface area contributed by atoms with E-state index in [1.54, 1.807) is 54.7 Å². The standard InChI is InChI=1S/C27H20F3N3O2/c1-33(23-14-5-10-18-11-7-17-31-25(18)23)24(34)16-15-20-21(27(28,29)30)12-6-13-22(20)32-26(35)19-8-3-2-4-9-19/h2-17H,1H3,(H,32,35)/b16-15+. The fourth-order valence-corrected chi connectivity index (χ4v) is 3.63. The molecule has 8 heteroatoms. The largest absolute Gasteiger partial charge is 0.417 e. The van der Waals surface area contributed by atoms with Crippen molar-refractivity contribution in [3.05, 3.63) is 108 Å². The molecule has 0 radical (unpaired) electrons. The molecular formula is C27H20F3N3O2. The second kappa shape index (κ2) is 9.80. The highest BCUT2D eigenvalue weighted by Crippen LogP contribution is 2.36. The van der Waals surface area contributed by atoms with Gasteiger partial charge in [-0.2, -0.15) is 13.2 Å². The first kappa shape index (κ1) is 23.7. The van der Waals surface area contributed by atoms with Gasteiger partial charge >= 0.3 is 6.18 Å². The second-order valence-electron chi connectivity index (χ2n) is 7.67. The van der Waals surface area contributed by atoms with Crippen LogP contribution in [0.5, 0.6) is 0 Å². The van der Waals surface area contributed by atoms with Gasteiger partial charge in [0.25, 0.3) is 11.8 Å². The molecule has 0 fully saturated rings. The lowest BCUT2D eigenvalue weighted by atomic mass is 10.0. The number of alkyl halides is 3. The zero-order chi connectivity index (χ0) is 25.0. The van der Waals surface area contributed by atoms with Crippen LogP contribution in [-0.4, -0.2) is 23.8 Å². The number of carbonyl (C=O) groups excluding carboxylic acids is 2. The number of para-hydroxylation sites is 1. The molecule has 0 saturated carbocycles. The molecule has 0 unspecified atom stereocenters. The van der Waals surface area contributed by atoms with Crippen molar-refractivity contribution in [3.63, 3.8) is 0 Å². The second-order valence-corrected chi connectivity index (χ2v) is 7.67. The van der Waals surface area contributed by atoms with Crippen LogP contribution in [0.4, 0.5) is 24.5 Å². The van der Waals surface area contributed by atoms with E-state index in [9.17, 15) is 22.8 Å². The average molecular weight is 475 g/mol. The number of hydrogen-bond acceptors (Lipinski definition) is 3. The minimum atomic E-state index is -4.69. The predicted octanol–water partition coefficient (Wildman–Crippen LogP) is 6.18. The van der Waals surface area contributed by atoms with Crippen molar-refractivity contribution >= 4 is 40.2 Å². The first-order valence-electron chi connectivity index (χ1n) is 10.6. The van der Waals surface area contributed by atoms with E-state index in [1.165, 1.54) is 24.1 Å². The van der Waals surface area contributed by atoms with E-state index in [1.807, 2.05) is 12.1 Å². The van der Waals surface area contributed by atoms with Crippen molar-refractivity contribution < 1.29 is 22.8 Å². The van der Waals surface area contributed by atoms with Gasteiger partial charge in [-0.1, -0.05) is 42.5 Å². The number of nitrogens with zero attached hydrogens (tertiary/aromatic N) is 2. The fourth-order valence-electron chi connectivity index (χ4n) is 3.63. The average Bonchev–Trinajstić information content (AvgIpc) is 2.86. The van der Waals surface area contributed by atoms with Gasteiger partial charge in [0.2, 0.25) is 0 Å². The molecule has 5 nitrogen and oxygen atoms in total. The van der Waals surface area contributed by atoms with Crippen molar-refractivity contribution in [1.82, 2.24) is 4.98 Å². The van der Waals surface area contributed by atoms with Gasteiger partial charge in [-0.15, -0.1) is 0 Å². The Hall–Kier alpha value is -4.46. The Balaban J connectivity index is 1.68. The lowest BCUT2D eigenvalue weighted by Gasteiger charge is -2.18. The molecule has 176 valence electrons. The van der Waals surface area contributed by atoms with Crippen LogP contribution in [0.1, 0.15) is 21.5 Å². The third kappa shape index (κ3) is 5.22. The van der Waals surface area contributed by atoms with E-state index in [4.69, 9.17) is 0 Å². The Kier molecular flexibility index (Phi) is 6.64.